The van der Waals surface area contributed by atoms with Gasteiger partial charge in [-0.3, -0.25) is 9.48 Å². The number of hydrogen-bond acceptors (Lipinski definition) is 2. The molecule has 0 aliphatic heterocycles. The zero-order valence-corrected chi connectivity index (χ0v) is 13.7. The summed E-state index contributed by atoms with van der Waals surface area (Å²) >= 11 is 3.52. The van der Waals surface area contributed by atoms with Crippen molar-refractivity contribution in [3.63, 3.8) is 0 Å². The van der Waals surface area contributed by atoms with Gasteiger partial charge in [-0.1, -0.05) is 22.9 Å². The van der Waals surface area contributed by atoms with Gasteiger partial charge in [0.15, 0.2) is 0 Å². The Morgan fingerprint density at radius 2 is 1.95 bits per heavy atom. The summed E-state index contributed by atoms with van der Waals surface area (Å²) in [7, 11) is 1.82. The van der Waals surface area contributed by atoms with Crippen molar-refractivity contribution in [3.05, 3.63) is 45.2 Å². The van der Waals surface area contributed by atoms with Crippen LogP contribution in [0.3, 0.4) is 0 Å². The Morgan fingerprint density at radius 3 is 2.50 bits per heavy atom. The van der Waals surface area contributed by atoms with Crippen LogP contribution in [0.25, 0.3) is 0 Å². The van der Waals surface area contributed by atoms with Gasteiger partial charge in [-0.2, -0.15) is 5.10 Å². The SMILES string of the molecule is CCc1nn(C)cc1C(=O)Nc1cc(C)c(Br)c(C)c1. The van der Waals surface area contributed by atoms with Crippen LogP contribution < -0.4 is 5.32 Å². The highest BCUT2D eigenvalue weighted by Gasteiger charge is 2.15. The van der Waals surface area contributed by atoms with Crippen LogP contribution in [0.4, 0.5) is 5.69 Å². The van der Waals surface area contributed by atoms with Gasteiger partial charge in [-0.05, 0) is 43.5 Å². The van der Waals surface area contributed by atoms with Gasteiger partial charge in [0.1, 0.15) is 0 Å². The molecule has 5 heteroatoms. The molecule has 0 atom stereocenters. The number of hydrogen-bond donors (Lipinski definition) is 1. The largest absolute Gasteiger partial charge is 0.322 e. The number of aryl methyl sites for hydroxylation is 4. The lowest BCUT2D eigenvalue weighted by molar-refractivity contribution is 0.102. The van der Waals surface area contributed by atoms with Crippen LogP contribution in [0.5, 0.6) is 0 Å². The van der Waals surface area contributed by atoms with Crippen molar-refractivity contribution >= 4 is 27.5 Å². The van der Waals surface area contributed by atoms with E-state index >= 15 is 0 Å². The molecular weight excluding hydrogens is 318 g/mol. The van der Waals surface area contributed by atoms with Crippen molar-refractivity contribution in [3.8, 4) is 0 Å². The molecule has 0 saturated carbocycles. The molecule has 1 N–H and O–H groups in total. The summed E-state index contributed by atoms with van der Waals surface area (Å²) in [6.45, 7) is 6.01. The van der Waals surface area contributed by atoms with E-state index in [1.54, 1.807) is 10.9 Å². The molecule has 0 saturated heterocycles. The monoisotopic (exact) mass is 335 g/mol. The second-order valence-electron chi connectivity index (χ2n) is 4.89. The van der Waals surface area contributed by atoms with Gasteiger partial charge in [0.25, 0.3) is 5.91 Å². The zero-order valence-electron chi connectivity index (χ0n) is 12.1. The van der Waals surface area contributed by atoms with E-state index in [4.69, 9.17) is 0 Å². The Labute approximate surface area is 127 Å². The number of amides is 1. The number of aromatic nitrogens is 2. The average Bonchev–Trinajstić information content (AvgIpc) is 2.77. The molecule has 2 aromatic rings. The first-order valence-electron chi connectivity index (χ1n) is 6.53. The molecule has 1 aromatic heterocycles. The first-order chi connectivity index (χ1) is 9.42. The maximum Gasteiger partial charge on any atom is 0.259 e. The van der Waals surface area contributed by atoms with E-state index in [0.29, 0.717) is 5.56 Å². The van der Waals surface area contributed by atoms with Gasteiger partial charge in [0.05, 0.1) is 11.3 Å². The lowest BCUT2D eigenvalue weighted by Crippen LogP contribution is -2.13. The fourth-order valence-corrected chi connectivity index (χ4v) is 2.43. The third-order valence-electron chi connectivity index (χ3n) is 3.18. The van der Waals surface area contributed by atoms with Crippen LogP contribution in [0.15, 0.2) is 22.8 Å². The molecule has 106 valence electrons. The van der Waals surface area contributed by atoms with Crippen molar-refractivity contribution in [1.82, 2.24) is 9.78 Å². The van der Waals surface area contributed by atoms with Crippen LogP contribution in [-0.2, 0) is 13.5 Å². The highest BCUT2D eigenvalue weighted by molar-refractivity contribution is 9.10. The van der Waals surface area contributed by atoms with Crippen molar-refractivity contribution in [2.45, 2.75) is 27.2 Å². The molecule has 2 rings (SSSR count). The van der Waals surface area contributed by atoms with Gasteiger partial charge in [-0.25, -0.2) is 0 Å². The van der Waals surface area contributed by atoms with Gasteiger partial charge in [0.2, 0.25) is 0 Å². The smallest absolute Gasteiger partial charge is 0.259 e. The van der Waals surface area contributed by atoms with Crippen molar-refractivity contribution in [2.24, 2.45) is 7.05 Å². The number of carbonyl (C=O) groups is 1. The second kappa shape index (κ2) is 5.79. The predicted octanol–water partition coefficient (Wildman–Crippen LogP) is 3.61. The fraction of sp³-hybridized carbons (Fsp3) is 0.333. The fourth-order valence-electron chi connectivity index (χ4n) is 2.20. The molecule has 0 bridgehead atoms. The number of anilines is 1. The van der Waals surface area contributed by atoms with Crippen molar-refractivity contribution < 1.29 is 4.79 Å². The molecule has 20 heavy (non-hydrogen) atoms. The van der Waals surface area contributed by atoms with Crippen molar-refractivity contribution in [1.29, 1.82) is 0 Å². The van der Waals surface area contributed by atoms with Crippen LogP contribution in [0.1, 0.15) is 34.1 Å². The normalized spacial score (nSPS) is 10.7. The van der Waals surface area contributed by atoms with E-state index in [1.807, 2.05) is 40.0 Å². The highest BCUT2D eigenvalue weighted by atomic mass is 79.9. The summed E-state index contributed by atoms with van der Waals surface area (Å²) in [6, 6.07) is 3.91. The van der Waals surface area contributed by atoms with Crippen LogP contribution in [0.2, 0.25) is 0 Å². The molecule has 4 nitrogen and oxygen atoms in total. The van der Waals surface area contributed by atoms with Gasteiger partial charge in [-0.15, -0.1) is 0 Å². The van der Waals surface area contributed by atoms with Crippen LogP contribution in [-0.4, -0.2) is 15.7 Å². The number of rotatable bonds is 3. The number of nitrogens with zero attached hydrogens (tertiary/aromatic N) is 2. The molecular formula is C15H18BrN3O. The van der Waals surface area contributed by atoms with Crippen molar-refractivity contribution in [2.75, 3.05) is 5.32 Å². The van der Waals surface area contributed by atoms with E-state index in [0.717, 1.165) is 33.4 Å². The average molecular weight is 336 g/mol. The Morgan fingerprint density at radius 1 is 1.35 bits per heavy atom. The summed E-state index contributed by atoms with van der Waals surface area (Å²) < 4.78 is 2.75. The molecule has 0 radical (unpaired) electrons. The predicted molar refractivity (Wildman–Crippen MR) is 84.2 cm³/mol. The summed E-state index contributed by atoms with van der Waals surface area (Å²) in [4.78, 5) is 12.3. The number of nitrogens with one attached hydrogen (secondary N) is 1. The summed E-state index contributed by atoms with van der Waals surface area (Å²) in [6.07, 6.45) is 2.49. The minimum absolute atomic E-state index is 0.115. The van der Waals surface area contributed by atoms with E-state index in [9.17, 15) is 4.79 Å². The lowest BCUT2D eigenvalue weighted by Gasteiger charge is -2.09. The standard InChI is InChI=1S/C15H18BrN3O/c1-5-13-12(8-19(4)18-13)15(20)17-11-6-9(2)14(16)10(3)7-11/h6-8H,5H2,1-4H3,(H,17,20). The third kappa shape index (κ3) is 2.93. The van der Waals surface area contributed by atoms with Crippen LogP contribution in [0, 0.1) is 13.8 Å². The van der Waals surface area contributed by atoms with E-state index < -0.39 is 0 Å². The first kappa shape index (κ1) is 14.8. The maximum absolute atomic E-state index is 12.3. The lowest BCUT2D eigenvalue weighted by atomic mass is 10.1. The summed E-state index contributed by atoms with van der Waals surface area (Å²) in [5.74, 6) is -0.115. The van der Waals surface area contributed by atoms with Gasteiger partial charge < -0.3 is 5.32 Å². The number of carbonyl (C=O) groups excluding carboxylic acids is 1. The van der Waals surface area contributed by atoms with E-state index in [2.05, 4.69) is 26.3 Å². The molecule has 0 unspecified atom stereocenters. The molecule has 1 aromatic carbocycles. The first-order valence-corrected chi connectivity index (χ1v) is 7.32. The summed E-state index contributed by atoms with van der Waals surface area (Å²) in [5.41, 5.74) is 4.45. The Kier molecular flexibility index (Phi) is 4.28. The highest BCUT2D eigenvalue weighted by Crippen LogP contribution is 2.25. The van der Waals surface area contributed by atoms with Gasteiger partial charge in [0, 0.05) is 23.4 Å². The topological polar surface area (TPSA) is 46.9 Å². The van der Waals surface area contributed by atoms with Crippen LogP contribution >= 0.6 is 15.9 Å². The minimum Gasteiger partial charge on any atom is -0.322 e. The van der Waals surface area contributed by atoms with E-state index in [1.165, 1.54) is 0 Å². The molecule has 0 spiro atoms. The van der Waals surface area contributed by atoms with Gasteiger partial charge >= 0.3 is 0 Å². The Hall–Kier alpha value is -1.62. The zero-order chi connectivity index (χ0) is 14.9. The minimum atomic E-state index is -0.115. The molecule has 0 aliphatic carbocycles. The van der Waals surface area contributed by atoms with E-state index in [-0.39, 0.29) is 5.91 Å². The molecule has 0 aliphatic rings. The molecule has 1 heterocycles. The number of benzene rings is 1. The quantitative estimate of drug-likeness (QED) is 0.931. The summed E-state index contributed by atoms with van der Waals surface area (Å²) in [5, 5.41) is 7.23. The Bertz CT molecular complexity index is 638. The number of halogens is 1. The molecule has 0 fully saturated rings. The molecule has 1 amide bonds. The third-order valence-corrected chi connectivity index (χ3v) is 4.43. The second-order valence-corrected chi connectivity index (χ2v) is 5.69. The maximum atomic E-state index is 12.3. The Balaban J connectivity index is 2.28.